The van der Waals surface area contributed by atoms with Crippen LogP contribution in [0.2, 0.25) is 0 Å². The van der Waals surface area contributed by atoms with E-state index in [1.807, 2.05) is 6.07 Å². The number of hydrogen-bond acceptors (Lipinski definition) is 3. The molecule has 0 aliphatic heterocycles. The molecule has 0 fully saturated rings. The molecule has 0 heterocycles. The Morgan fingerprint density at radius 1 is 1.59 bits per heavy atom. The second kappa shape index (κ2) is 6.16. The maximum Gasteiger partial charge on any atom is 0.251 e. The van der Waals surface area contributed by atoms with Gasteiger partial charge in [0.1, 0.15) is 0 Å². The lowest BCUT2D eigenvalue weighted by molar-refractivity contribution is 0.0943. The highest BCUT2D eigenvalue weighted by Crippen LogP contribution is 2.04. The monoisotopic (exact) mass is 250 g/mol. The first-order valence-corrected chi connectivity index (χ1v) is 6.86. The Morgan fingerprint density at radius 3 is 2.88 bits per heavy atom. The molecule has 0 saturated heterocycles. The molecule has 0 aromatic heterocycles. The molecule has 1 aromatic carbocycles. The van der Waals surface area contributed by atoms with Crippen molar-refractivity contribution in [2.75, 3.05) is 12.0 Å². The first kappa shape index (κ1) is 13.4. The molecule has 1 aromatic rings. The number of amides is 1. The third-order valence-electron chi connectivity index (χ3n) is 2.12. The molecule has 5 heteroatoms. The van der Waals surface area contributed by atoms with Gasteiger partial charge >= 0.3 is 0 Å². The first-order valence-electron chi connectivity index (χ1n) is 5.14. The molecule has 0 aliphatic rings. The molecule has 90 valence electrons. The van der Waals surface area contributed by atoms with Crippen LogP contribution in [0.5, 0.6) is 0 Å². The lowest BCUT2D eigenvalue weighted by Gasteiger charge is -2.12. The lowest BCUT2D eigenvalue weighted by atomic mass is 10.1. The molecular weight excluding hydrogens is 236 g/mol. The van der Waals surface area contributed by atoms with Gasteiger partial charge in [0.2, 0.25) is 0 Å². The topological polar surface area (TPSA) is 70.0 Å². The van der Waals surface area contributed by atoms with Gasteiger partial charge in [-0.1, -0.05) is 6.07 Å². The SMILES string of the molecule is CC(CS(C)=O)NC(=O)c1cccc(C#N)c1. The highest BCUT2D eigenvalue weighted by molar-refractivity contribution is 7.84. The Kier molecular flexibility index (Phi) is 4.85. The standard InChI is InChI=1S/C12H14N2O2S/c1-9(8-17(2)16)14-12(15)11-5-3-4-10(6-11)7-13/h3-6,9H,8H2,1-2H3,(H,14,15). The molecular formula is C12H14N2O2S. The van der Waals surface area contributed by atoms with Crippen molar-refractivity contribution in [2.24, 2.45) is 0 Å². The van der Waals surface area contributed by atoms with E-state index in [9.17, 15) is 9.00 Å². The second-order valence-electron chi connectivity index (χ2n) is 3.81. The summed E-state index contributed by atoms with van der Waals surface area (Å²) in [6, 6.07) is 8.31. The summed E-state index contributed by atoms with van der Waals surface area (Å²) in [5, 5.41) is 11.5. The predicted molar refractivity (Wildman–Crippen MR) is 67.0 cm³/mol. The molecule has 2 atom stereocenters. The van der Waals surface area contributed by atoms with Gasteiger partial charge in [0.15, 0.2) is 0 Å². The lowest BCUT2D eigenvalue weighted by Crippen LogP contribution is -2.36. The van der Waals surface area contributed by atoms with Crippen LogP contribution in [0.4, 0.5) is 0 Å². The van der Waals surface area contributed by atoms with Crippen LogP contribution in [0.25, 0.3) is 0 Å². The third kappa shape index (κ3) is 4.37. The van der Waals surface area contributed by atoms with Crippen molar-refractivity contribution >= 4 is 16.7 Å². The molecule has 0 radical (unpaired) electrons. The summed E-state index contributed by atoms with van der Waals surface area (Å²) in [5.74, 6) is 0.170. The van der Waals surface area contributed by atoms with Crippen LogP contribution < -0.4 is 5.32 Å². The van der Waals surface area contributed by atoms with Crippen molar-refractivity contribution in [2.45, 2.75) is 13.0 Å². The van der Waals surface area contributed by atoms with Gasteiger partial charge in [-0.15, -0.1) is 0 Å². The fourth-order valence-corrected chi connectivity index (χ4v) is 2.22. The minimum absolute atomic E-state index is 0.154. The second-order valence-corrected chi connectivity index (χ2v) is 5.29. The van der Waals surface area contributed by atoms with Crippen LogP contribution in [-0.4, -0.2) is 28.2 Å². The summed E-state index contributed by atoms with van der Waals surface area (Å²) in [6.45, 7) is 1.80. The highest BCUT2D eigenvalue weighted by atomic mass is 32.2. The van der Waals surface area contributed by atoms with Crippen LogP contribution in [0.1, 0.15) is 22.8 Å². The minimum Gasteiger partial charge on any atom is -0.349 e. The van der Waals surface area contributed by atoms with E-state index in [0.717, 1.165) is 0 Å². The molecule has 2 unspecified atom stereocenters. The Hall–Kier alpha value is -1.67. The van der Waals surface area contributed by atoms with Gasteiger partial charge in [-0.05, 0) is 25.1 Å². The van der Waals surface area contributed by atoms with Gasteiger partial charge in [0, 0.05) is 34.4 Å². The summed E-state index contributed by atoms with van der Waals surface area (Å²) in [4.78, 5) is 11.8. The van der Waals surface area contributed by atoms with Crippen molar-refractivity contribution in [3.8, 4) is 6.07 Å². The predicted octanol–water partition coefficient (Wildman–Crippen LogP) is 1.06. The smallest absolute Gasteiger partial charge is 0.251 e. The Balaban J connectivity index is 2.70. The van der Waals surface area contributed by atoms with E-state index in [-0.39, 0.29) is 11.9 Å². The molecule has 17 heavy (non-hydrogen) atoms. The van der Waals surface area contributed by atoms with Crippen LogP contribution in [0.3, 0.4) is 0 Å². The average molecular weight is 250 g/mol. The molecule has 0 bridgehead atoms. The van der Waals surface area contributed by atoms with E-state index < -0.39 is 10.8 Å². The average Bonchev–Trinajstić information content (AvgIpc) is 2.27. The van der Waals surface area contributed by atoms with Crippen molar-refractivity contribution in [1.82, 2.24) is 5.32 Å². The zero-order valence-corrected chi connectivity index (χ0v) is 10.6. The molecule has 1 rings (SSSR count). The van der Waals surface area contributed by atoms with Gasteiger partial charge < -0.3 is 5.32 Å². The maximum absolute atomic E-state index is 11.8. The van der Waals surface area contributed by atoms with Gasteiger partial charge in [-0.3, -0.25) is 9.00 Å². The molecule has 1 N–H and O–H groups in total. The van der Waals surface area contributed by atoms with Crippen LogP contribution in [0, 0.1) is 11.3 Å². The van der Waals surface area contributed by atoms with Gasteiger partial charge in [0.25, 0.3) is 5.91 Å². The summed E-state index contributed by atoms with van der Waals surface area (Å²) < 4.78 is 11.0. The number of nitrogens with zero attached hydrogens (tertiary/aromatic N) is 1. The van der Waals surface area contributed by atoms with Gasteiger partial charge in [0.05, 0.1) is 11.6 Å². The zero-order valence-electron chi connectivity index (χ0n) is 9.77. The fraction of sp³-hybridized carbons (Fsp3) is 0.333. The van der Waals surface area contributed by atoms with Crippen LogP contribution in [0.15, 0.2) is 24.3 Å². The summed E-state index contributed by atoms with van der Waals surface area (Å²) in [5.41, 5.74) is 0.891. The van der Waals surface area contributed by atoms with Crippen LogP contribution >= 0.6 is 0 Å². The van der Waals surface area contributed by atoms with E-state index in [1.165, 1.54) is 6.07 Å². The third-order valence-corrected chi connectivity index (χ3v) is 3.09. The van der Waals surface area contributed by atoms with Crippen LogP contribution in [-0.2, 0) is 10.8 Å². The molecule has 0 aliphatic carbocycles. The number of carbonyl (C=O) groups is 1. The normalized spacial score (nSPS) is 13.5. The van der Waals surface area contributed by atoms with Crippen molar-refractivity contribution in [3.63, 3.8) is 0 Å². The quantitative estimate of drug-likeness (QED) is 0.868. The Morgan fingerprint density at radius 2 is 2.29 bits per heavy atom. The highest BCUT2D eigenvalue weighted by Gasteiger charge is 2.11. The van der Waals surface area contributed by atoms with E-state index in [4.69, 9.17) is 5.26 Å². The number of benzene rings is 1. The Bertz CT molecular complexity index is 480. The number of nitrogens with one attached hydrogen (secondary N) is 1. The fourth-order valence-electron chi connectivity index (χ4n) is 1.43. The van der Waals surface area contributed by atoms with E-state index in [0.29, 0.717) is 16.9 Å². The minimum atomic E-state index is -0.942. The number of hydrogen-bond donors (Lipinski definition) is 1. The summed E-state index contributed by atoms with van der Waals surface area (Å²) in [6.07, 6.45) is 1.60. The van der Waals surface area contributed by atoms with Gasteiger partial charge in [-0.25, -0.2) is 0 Å². The molecule has 0 saturated carbocycles. The number of nitriles is 1. The number of rotatable bonds is 4. The first-order chi connectivity index (χ1) is 8.02. The summed E-state index contributed by atoms with van der Waals surface area (Å²) >= 11 is 0. The van der Waals surface area contributed by atoms with E-state index in [2.05, 4.69) is 5.32 Å². The van der Waals surface area contributed by atoms with Crippen molar-refractivity contribution < 1.29 is 9.00 Å². The molecule has 1 amide bonds. The van der Waals surface area contributed by atoms with Crippen molar-refractivity contribution in [1.29, 1.82) is 5.26 Å². The van der Waals surface area contributed by atoms with Crippen molar-refractivity contribution in [3.05, 3.63) is 35.4 Å². The number of carbonyl (C=O) groups excluding carboxylic acids is 1. The maximum atomic E-state index is 11.8. The zero-order chi connectivity index (χ0) is 12.8. The van der Waals surface area contributed by atoms with E-state index in [1.54, 1.807) is 31.4 Å². The molecule has 0 spiro atoms. The van der Waals surface area contributed by atoms with E-state index >= 15 is 0 Å². The van der Waals surface area contributed by atoms with Gasteiger partial charge in [-0.2, -0.15) is 5.26 Å². The summed E-state index contributed by atoms with van der Waals surface area (Å²) in [7, 11) is -0.942. The Labute approximate surface area is 103 Å². The molecule has 4 nitrogen and oxygen atoms in total. The largest absolute Gasteiger partial charge is 0.349 e.